The third-order valence-corrected chi connectivity index (χ3v) is 11.3. The van der Waals surface area contributed by atoms with E-state index in [1.165, 1.54) is 25.7 Å². The minimum Gasteiger partial charge on any atom is -0.208 e. The Morgan fingerprint density at radius 2 is 1.18 bits per heavy atom. The van der Waals surface area contributed by atoms with Gasteiger partial charge in [-0.25, -0.2) is 6.32 Å². The van der Waals surface area contributed by atoms with Gasteiger partial charge in [0.2, 0.25) is 0 Å². The van der Waals surface area contributed by atoms with Gasteiger partial charge in [0.15, 0.2) is 0 Å². The van der Waals surface area contributed by atoms with Crippen LogP contribution in [-0.4, -0.2) is 6.71 Å². The summed E-state index contributed by atoms with van der Waals surface area (Å²) in [5, 5.41) is 0. The third-order valence-electron chi connectivity index (χ3n) is 11.3. The Bertz CT molecular complexity index is 499. The van der Waals surface area contributed by atoms with Crippen molar-refractivity contribution >= 4 is 6.71 Å². The summed E-state index contributed by atoms with van der Waals surface area (Å²) in [6, 6.07) is 0. The van der Waals surface area contributed by atoms with Crippen LogP contribution in [0.15, 0.2) is 0 Å². The van der Waals surface area contributed by atoms with Gasteiger partial charge in [-0.1, -0.05) is 98.8 Å². The molecule has 6 rings (SSSR count). The largest absolute Gasteiger partial charge is 1.00 e. The second kappa shape index (κ2) is 8.30. The quantitative estimate of drug-likeness (QED) is 0.422. The van der Waals surface area contributed by atoms with Gasteiger partial charge in [-0.05, 0) is 47.3 Å². The fourth-order valence-electron chi connectivity index (χ4n) is 9.06. The van der Waals surface area contributed by atoms with Crippen molar-refractivity contribution in [3.8, 4) is 0 Å². The molecule has 0 aromatic rings. The summed E-state index contributed by atoms with van der Waals surface area (Å²) in [5.41, 5.74) is 1.29. The number of hydrogen-bond donors (Lipinski definition) is 0. The number of fused-ring (bicyclic) bond motifs is 4. The van der Waals surface area contributed by atoms with Crippen molar-refractivity contribution in [3.63, 3.8) is 0 Å². The fourth-order valence-corrected chi connectivity index (χ4v) is 9.06. The molecule has 2 heteroatoms. The first-order valence-corrected chi connectivity index (χ1v) is 12.7. The number of rotatable bonds is 7. The summed E-state index contributed by atoms with van der Waals surface area (Å²) < 4.78 is 0. The minimum atomic E-state index is 0. The summed E-state index contributed by atoms with van der Waals surface area (Å²) in [5.74, 6) is 8.12. The minimum absolute atomic E-state index is 0. The van der Waals surface area contributed by atoms with Crippen LogP contribution in [0.5, 0.6) is 0 Å². The molecule has 1 radical (unpaired) electrons. The monoisotopic (exact) mass is 377 g/mol. The molecule has 0 unspecified atom stereocenters. The Kier molecular flexibility index (Phi) is 6.92. The van der Waals surface area contributed by atoms with E-state index < -0.39 is 0 Å². The summed E-state index contributed by atoms with van der Waals surface area (Å²) in [4.78, 5) is 0. The van der Waals surface area contributed by atoms with Gasteiger partial charge in [-0.3, -0.25) is 0 Å². The SMILES string of the molecule is CCCCCC[B-]([C@@H]1C[C@@H]2C[C@H]([C@H]1C)C2(C)C)[C@@H]1C[C@@H]2C[C@H]([C@H]1C)C2(C)C.[Li+]. The van der Waals surface area contributed by atoms with Crippen LogP contribution < -0.4 is 18.9 Å². The van der Waals surface area contributed by atoms with E-state index in [2.05, 4.69) is 48.5 Å². The third kappa shape index (κ3) is 3.52. The molecule has 8 atom stereocenters. The molecule has 0 aromatic carbocycles. The molecule has 6 aliphatic rings. The molecule has 0 nitrogen and oxygen atoms in total. The van der Waals surface area contributed by atoms with Gasteiger partial charge >= 0.3 is 18.9 Å². The molecule has 0 saturated heterocycles. The maximum absolute atomic E-state index is 2.66. The van der Waals surface area contributed by atoms with Crippen LogP contribution in [0.2, 0.25) is 18.0 Å². The molecule has 6 aliphatic carbocycles. The first-order valence-electron chi connectivity index (χ1n) is 12.7. The van der Waals surface area contributed by atoms with E-state index in [9.17, 15) is 0 Å². The van der Waals surface area contributed by atoms with Gasteiger partial charge in [0.25, 0.3) is 0 Å². The molecule has 4 bridgehead atoms. The predicted molar refractivity (Wildman–Crippen MR) is 121 cm³/mol. The molecule has 0 heterocycles. The smallest absolute Gasteiger partial charge is 0.208 e. The van der Waals surface area contributed by atoms with E-state index in [1.54, 1.807) is 32.0 Å². The first-order chi connectivity index (χ1) is 12.7. The summed E-state index contributed by atoms with van der Waals surface area (Å²) in [6.07, 6.45) is 13.6. The first kappa shape index (κ1) is 23.3. The Labute approximate surface area is 189 Å². The van der Waals surface area contributed by atoms with Crippen molar-refractivity contribution in [1.29, 1.82) is 0 Å². The summed E-state index contributed by atoms with van der Waals surface area (Å²) in [6.45, 7) is 19.0. The van der Waals surface area contributed by atoms with E-state index in [1.807, 2.05) is 0 Å². The second-order valence-corrected chi connectivity index (χ2v) is 12.8. The zero-order valence-corrected chi connectivity index (χ0v) is 20.6. The van der Waals surface area contributed by atoms with Gasteiger partial charge in [0.1, 0.15) is 0 Å². The van der Waals surface area contributed by atoms with Crippen LogP contribution in [0, 0.1) is 46.3 Å². The normalized spacial score (nSPS) is 45.0. The standard InChI is InChI=1S/C26H47B.Li/c1-8-9-10-11-12-27(23-15-19-13-21(17(23)2)25(19,4)5)24-16-20-14-22(18(24)3)26(20,6)7;/h17-24H,8-16H2,1-7H3;/q-1;+1/t17-,18-,19+,20+,21-,22-,23-,24-;/m1./s1. The van der Waals surface area contributed by atoms with Crippen LogP contribution in [0.3, 0.4) is 0 Å². The van der Waals surface area contributed by atoms with Gasteiger partial charge in [-0.2, -0.15) is 11.6 Å². The van der Waals surface area contributed by atoms with Crippen LogP contribution in [0.4, 0.5) is 0 Å². The Morgan fingerprint density at radius 1 is 0.714 bits per heavy atom. The Balaban J connectivity index is 0.00000225. The average molecular weight is 377 g/mol. The summed E-state index contributed by atoms with van der Waals surface area (Å²) >= 11 is 0. The zero-order chi connectivity index (χ0) is 19.6. The number of unbranched alkanes of at least 4 members (excludes halogenated alkanes) is 3. The van der Waals surface area contributed by atoms with Crippen molar-refractivity contribution in [2.45, 2.75) is 118 Å². The molecule has 6 saturated carbocycles. The molecule has 0 N–H and O–H groups in total. The van der Waals surface area contributed by atoms with Crippen LogP contribution >= 0.6 is 0 Å². The molecule has 0 spiro atoms. The number of hydrogen-bond acceptors (Lipinski definition) is 0. The van der Waals surface area contributed by atoms with Crippen molar-refractivity contribution < 1.29 is 18.9 Å². The molecule has 0 amide bonds. The zero-order valence-electron chi connectivity index (χ0n) is 20.6. The molecule has 6 fully saturated rings. The van der Waals surface area contributed by atoms with Crippen molar-refractivity contribution in [2.24, 2.45) is 46.3 Å². The van der Waals surface area contributed by atoms with Crippen molar-refractivity contribution in [1.82, 2.24) is 0 Å². The molecule has 28 heavy (non-hydrogen) atoms. The Morgan fingerprint density at radius 3 is 1.54 bits per heavy atom. The molecule has 0 aromatic heterocycles. The van der Waals surface area contributed by atoms with Gasteiger partial charge in [0, 0.05) is 0 Å². The van der Waals surface area contributed by atoms with E-state index in [-0.39, 0.29) is 18.9 Å². The molecule has 155 valence electrons. The molecular formula is C26H47BLi. The van der Waals surface area contributed by atoms with E-state index in [0.717, 1.165) is 53.9 Å². The van der Waals surface area contributed by atoms with Crippen molar-refractivity contribution in [2.75, 3.05) is 0 Å². The van der Waals surface area contributed by atoms with E-state index >= 15 is 0 Å². The van der Waals surface area contributed by atoms with Gasteiger partial charge in [-0.15, -0.1) is 6.71 Å². The predicted octanol–water partition coefficient (Wildman–Crippen LogP) is 5.21. The van der Waals surface area contributed by atoms with Crippen LogP contribution in [0.25, 0.3) is 0 Å². The maximum Gasteiger partial charge on any atom is 1.00 e. The summed E-state index contributed by atoms with van der Waals surface area (Å²) in [7, 11) is 0. The fraction of sp³-hybridized carbons (Fsp3) is 1.00. The van der Waals surface area contributed by atoms with E-state index in [4.69, 9.17) is 0 Å². The maximum atomic E-state index is 2.66. The van der Waals surface area contributed by atoms with E-state index in [0.29, 0.717) is 10.8 Å². The average Bonchev–Trinajstić information content (AvgIpc) is 2.62. The second-order valence-electron chi connectivity index (χ2n) is 12.8. The topological polar surface area (TPSA) is 0 Å². The van der Waals surface area contributed by atoms with Gasteiger partial charge < -0.3 is 0 Å². The van der Waals surface area contributed by atoms with Crippen LogP contribution in [0.1, 0.15) is 99.8 Å². The van der Waals surface area contributed by atoms with Crippen LogP contribution in [-0.2, 0) is 0 Å². The Hall–Kier alpha value is 0.662. The molecule has 0 aliphatic heterocycles. The van der Waals surface area contributed by atoms with Gasteiger partial charge in [0.05, 0.1) is 0 Å². The van der Waals surface area contributed by atoms with Crippen molar-refractivity contribution in [3.05, 3.63) is 0 Å². The molecular weight excluding hydrogens is 330 g/mol.